The minimum Gasteiger partial charge on any atom is -0.490 e. The molecule has 1 aliphatic heterocycles. The molecular weight excluding hydrogens is 242 g/mol. The number of thioether (sulfide) groups is 1. The molecule has 0 saturated carbocycles. The van der Waals surface area contributed by atoms with E-state index in [1.165, 1.54) is 11.5 Å². The van der Waals surface area contributed by atoms with E-state index < -0.39 is 0 Å². The summed E-state index contributed by atoms with van der Waals surface area (Å²) in [5.74, 6) is 2.36. The minimum atomic E-state index is 0.280. The fourth-order valence-electron chi connectivity index (χ4n) is 1.87. The monoisotopic (exact) mass is 259 g/mol. The Bertz CT molecular complexity index is 378. The first-order valence-corrected chi connectivity index (χ1v) is 6.97. The van der Waals surface area contributed by atoms with Crippen molar-refractivity contribution in [3.8, 4) is 5.75 Å². The van der Waals surface area contributed by atoms with Crippen molar-refractivity contribution in [3.05, 3.63) is 0 Å². The average Bonchev–Trinajstić information content (AvgIpc) is 2.58. The van der Waals surface area contributed by atoms with Gasteiger partial charge in [0.15, 0.2) is 16.6 Å². The fraction of sp³-hybridized carbons (Fsp3) is 0.700. The van der Waals surface area contributed by atoms with Gasteiger partial charge in [-0.05, 0) is 25.4 Å². The van der Waals surface area contributed by atoms with Crippen LogP contribution >= 0.6 is 23.3 Å². The van der Waals surface area contributed by atoms with Gasteiger partial charge in [-0.15, -0.1) is 0 Å². The van der Waals surface area contributed by atoms with E-state index in [-0.39, 0.29) is 4.75 Å². The van der Waals surface area contributed by atoms with E-state index in [0.717, 1.165) is 29.6 Å². The van der Waals surface area contributed by atoms with Gasteiger partial charge in [0.1, 0.15) is 0 Å². The largest absolute Gasteiger partial charge is 0.490 e. The highest BCUT2D eigenvalue weighted by atomic mass is 32.2. The van der Waals surface area contributed by atoms with Crippen LogP contribution in [0.5, 0.6) is 5.75 Å². The second-order valence-electron chi connectivity index (χ2n) is 4.44. The molecule has 1 fully saturated rings. The van der Waals surface area contributed by atoms with Gasteiger partial charge in [0.05, 0.1) is 7.11 Å². The van der Waals surface area contributed by atoms with Crippen LogP contribution in [0.25, 0.3) is 0 Å². The molecule has 0 atom stereocenters. The van der Waals surface area contributed by atoms with Crippen LogP contribution in [0, 0.1) is 0 Å². The molecule has 0 unspecified atom stereocenters. The van der Waals surface area contributed by atoms with Gasteiger partial charge in [0, 0.05) is 23.6 Å². The van der Waals surface area contributed by atoms with Crippen molar-refractivity contribution in [2.45, 2.75) is 18.6 Å². The normalized spacial score (nSPS) is 19.8. The lowest BCUT2D eigenvalue weighted by atomic mass is 10.2. The van der Waals surface area contributed by atoms with Crippen LogP contribution in [0.15, 0.2) is 0 Å². The number of nitrogen functional groups attached to an aromatic ring is 1. The average molecular weight is 259 g/mol. The van der Waals surface area contributed by atoms with Gasteiger partial charge in [-0.3, -0.25) is 0 Å². The molecule has 1 aromatic rings. The lowest BCUT2D eigenvalue weighted by molar-refractivity contribution is 0.417. The number of hydrogen-bond donors (Lipinski definition) is 1. The standard InChI is InChI=1S/C10H17N3OS2/c1-10(2)6-13(4-5-15-10)9-7(14-3)8(11)12-16-9/h4-6H2,1-3H3,(H2,11,12). The fourth-order valence-corrected chi connectivity index (χ4v) is 3.79. The number of aromatic nitrogens is 1. The summed E-state index contributed by atoms with van der Waals surface area (Å²) in [5.41, 5.74) is 5.77. The van der Waals surface area contributed by atoms with Gasteiger partial charge in [-0.25, -0.2) is 0 Å². The van der Waals surface area contributed by atoms with Crippen LogP contribution in [0.1, 0.15) is 13.8 Å². The molecule has 2 N–H and O–H groups in total. The maximum absolute atomic E-state index is 5.77. The Morgan fingerprint density at radius 1 is 1.50 bits per heavy atom. The second-order valence-corrected chi connectivity index (χ2v) is 6.99. The van der Waals surface area contributed by atoms with Crippen molar-refractivity contribution >= 4 is 34.1 Å². The van der Waals surface area contributed by atoms with Crippen LogP contribution in [0.3, 0.4) is 0 Å². The summed E-state index contributed by atoms with van der Waals surface area (Å²) in [6, 6.07) is 0. The molecule has 0 aliphatic carbocycles. The Labute approximate surface area is 104 Å². The predicted molar refractivity (Wildman–Crippen MR) is 71.8 cm³/mol. The predicted octanol–water partition coefficient (Wildman–Crippen LogP) is 2.07. The summed E-state index contributed by atoms with van der Waals surface area (Å²) in [6.45, 7) is 6.57. The molecule has 16 heavy (non-hydrogen) atoms. The lowest BCUT2D eigenvalue weighted by Crippen LogP contribution is -2.42. The smallest absolute Gasteiger partial charge is 0.197 e. The number of ether oxygens (including phenoxy) is 1. The molecule has 1 aliphatic rings. The molecule has 0 bridgehead atoms. The highest BCUT2D eigenvalue weighted by Gasteiger charge is 2.30. The third-order valence-electron chi connectivity index (χ3n) is 2.57. The highest BCUT2D eigenvalue weighted by molar-refractivity contribution is 8.00. The zero-order valence-corrected chi connectivity index (χ0v) is 11.5. The molecule has 0 aromatic carbocycles. The Balaban J connectivity index is 2.23. The van der Waals surface area contributed by atoms with Gasteiger partial charge in [0.2, 0.25) is 0 Å². The van der Waals surface area contributed by atoms with E-state index in [4.69, 9.17) is 10.5 Å². The van der Waals surface area contributed by atoms with Gasteiger partial charge in [-0.1, -0.05) is 0 Å². The van der Waals surface area contributed by atoms with E-state index in [2.05, 4.69) is 23.1 Å². The molecule has 0 spiro atoms. The van der Waals surface area contributed by atoms with Crippen molar-refractivity contribution in [3.63, 3.8) is 0 Å². The summed E-state index contributed by atoms with van der Waals surface area (Å²) < 4.78 is 9.75. The van der Waals surface area contributed by atoms with Crippen LogP contribution in [-0.2, 0) is 0 Å². The van der Waals surface area contributed by atoms with Crippen molar-refractivity contribution in [2.75, 3.05) is 36.6 Å². The number of nitrogens with two attached hydrogens (primary N) is 1. The Kier molecular flexibility index (Phi) is 3.21. The summed E-state index contributed by atoms with van der Waals surface area (Å²) in [7, 11) is 1.65. The third-order valence-corrected chi connectivity index (χ3v) is 4.78. The summed E-state index contributed by atoms with van der Waals surface area (Å²) in [4.78, 5) is 2.32. The Hall–Kier alpha value is -0.620. The van der Waals surface area contributed by atoms with E-state index >= 15 is 0 Å². The van der Waals surface area contributed by atoms with Crippen LogP contribution in [0.2, 0.25) is 0 Å². The molecular formula is C10H17N3OS2. The Morgan fingerprint density at radius 3 is 2.88 bits per heavy atom. The topological polar surface area (TPSA) is 51.4 Å². The molecule has 2 rings (SSSR count). The molecule has 1 aromatic heterocycles. The van der Waals surface area contributed by atoms with Crippen LogP contribution in [0.4, 0.5) is 10.8 Å². The van der Waals surface area contributed by atoms with Crippen LogP contribution in [-0.4, -0.2) is 35.1 Å². The maximum Gasteiger partial charge on any atom is 0.197 e. The first kappa shape index (κ1) is 11.9. The zero-order valence-electron chi connectivity index (χ0n) is 9.82. The number of rotatable bonds is 2. The van der Waals surface area contributed by atoms with Gasteiger partial charge in [0.25, 0.3) is 0 Å². The maximum atomic E-state index is 5.77. The van der Waals surface area contributed by atoms with E-state index in [0.29, 0.717) is 5.82 Å². The van der Waals surface area contributed by atoms with Crippen molar-refractivity contribution in [1.82, 2.24) is 4.37 Å². The molecule has 6 heteroatoms. The Morgan fingerprint density at radius 2 is 2.25 bits per heavy atom. The minimum absolute atomic E-state index is 0.280. The molecule has 0 amide bonds. The van der Waals surface area contributed by atoms with E-state index in [9.17, 15) is 0 Å². The molecule has 1 saturated heterocycles. The SMILES string of the molecule is COc1c(N)nsc1N1CCSC(C)(C)C1. The zero-order chi connectivity index (χ0) is 11.8. The first-order chi connectivity index (χ1) is 7.53. The van der Waals surface area contributed by atoms with Gasteiger partial charge >= 0.3 is 0 Å². The summed E-state index contributed by atoms with van der Waals surface area (Å²) in [5, 5.41) is 1.06. The number of hydrogen-bond acceptors (Lipinski definition) is 6. The molecule has 90 valence electrons. The summed E-state index contributed by atoms with van der Waals surface area (Å²) >= 11 is 3.43. The molecule has 0 radical (unpaired) electrons. The number of nitrogens with zero attached hydrogens (tertiary/aromatic N) is 2. The van der Waals surface area contributed by atoms with Crippen molar-refractivity contribution in [1.29, 1.82) is 0 Å². The first-order valence-electron chi connectivity index (χ1n) is 5.21. The quantitative estimate of drug-likeness (QED) is 0.881. The van der Waals surface area contributed by atoms with E-state index in [1.54, 1.807) is 7.11 Å². The summed E-state index contributed by atoms with van der Waals surface area (Å²) in [6.07, 6.45) is 0. The molecule has 2 heterocycles. The van der Waals surface area contributed by atoms with Crippen molar-refractivity contribution in [2.24, 2.45) is 0 Å². The number of anilines is 2. The third kappa shape index (κ3) is 2.22. The lowest BCUT2D eigenvalue weighted by Gasteiger charge is -2.38. The highest BCUT2D eigenvalue weighted by Crippen LogP contribution is 2.41. The van der Waals surface area contributed by atoms with E-state index in [1.807, 2.05) is 11.8 Å². The van der Waals surface area contributed by atoms with Crippen molar-refractivity contribution < 1.29 is 4.74 Å². The second kappa shape index (κ2) is 4.33. The van der Waals surface area contributed by atoms with Gasteiger partial charge in [-0.2, -0.15) is 16.1 Å². The molecule has 4 nitrogen and oxygen atoms in total. The van der Waals surface area contributed by atoms with Crippen LogP contribution < -0.4 is 15.4 Å². The van der Waals surface area contributed by atoms with Gasteiger partial charge < -0.3 is 15.4 Å². The number of methoxy groups -OCH3 is 1.